The Balaban J connectivity index is 0.000000741. The summed E-state index contributed by atoms with van der Waals surface area (Å²) in [4.78, 5) is 8.79. The number of ether oxygens (including phenoxy) is 1. The van der Waals surface area contributed by atoms with E-state index in [0.717, 1.165) is 11.0 Å². The smallest absolute Gasteiger partial charge is 0.240 e. The van der Waals surface area contributed by atoms with Crippen LogP contribution in [-0.4, -0.2) is 16.6 Å². The van der Waals surface area contributed by atoms with Crippen molar-refractivity contribution in [2.75, 3.05) is 6.61 Å². The molecular weight excluding hydrogens is 236 g/mol. The molecule has 0 N–H and O–H groups in total. The first-order valence-corrected chi connectivity index (χ1v) is 6.87. The molecule has 1 aromatic carbocycles. The zero-order valence-electron chi connectivity index (χ0n) is 12.6. The van der Waals surface area contributed by atoms with Crippen LogP contribution in [0.2, 0.25) is 0 Å². The molecule has 0 aliphatic rings. The lowest BCUT2D eigenvalue weighted by Crippen LogP contribution is -1.99. The van der Waals surface area contributed by atoms with Crippen molar-refractivity contribution < 1.29 is 4.74 Å². The minimum Gasteiger partial charge on any atom is -0.476 e. The summed E-state index contributed by atoms with van der Waals surface area (Å²) in [6, 6.07) is 7.70. The van der Waals surface area contributed by atoms with E-state index < -0.39 is 0 Å². The Labute approximate surface area is 116 Å². The Kier molecular flexibility index (Phi) is 9.06. The predicted molar refractivity (Wildman–Crippen MR) is 83.5 cm³/mol. The van der Waals surface area contributed by atoms with Gasteiger partial charge in [-0.05, 0) is 25.1 Å². The Bertz CT molecular complexity index is 495. The van der Waals surface area contributed by atoms with Crippen molar-refractivity contribution >= 4 is 17.1 Å². The zero-order chi connectivity index (χ0) is 14.7. The topological polar surface area (TPSA) is 35.0 Å². The van der Waals surface area contributed by atoms with E-state index in [2.05, 4.69) is 16.5 Å². The minimum atomic E-state index is 0.547. The maximum Gasteiger partial charge on any atom is 0.240 e. The first-order chi connectivity index (χ1) is 9.35. The molecule has 0 saturated heterocycles. The quantitative estimate of drug-likeness (QED) is 0.800. The van der Waals surface area contributed by atoms with E-state index in [0.29, 0.717) is 18.2 Å². The van der Waals surface area contributed by atoms with Gasteiger partial charge < -0.3 is 4.74 Å². The SMILES string of the molecule is C=Cc1nc2ccccc2nc1OCC.CC.CC. The van der Waals surface area contributed by atoms with Crippen LogP contribution in [-0.2, 0) is 0 Å². The van der Waals surface area contributed by atoms with E-state index in [9.17, 15) is 0 Å². The van der Waals surface area contributed by atoms with Gasteiger partial charge in [0.25, 0.3) is 0 Å². The maximum absolute atomic E-state index is 5.39. The molecule has 0 amide bonds. The number of fused-ring (bicyclic) bond motifs is 1. The van der Waals surface area contributed by atoms with Crippen molar-refractivity contribution in [1.29, 1.82) is 0 Å². The van der Waals surface area contributed by atoms with Crippen LogP contribution in [0.5, 0.6) is 5.88 Å². The highest BCUT2D eigenvalue weighted by Crippen LogP contribution is 2.19. The molecule has 104 valence electrons. The van der Waals surface area contributed by atoms with Crippen LogP contribution in [0.25, 0.3) is 17.1 Å². The molecule has 0 aliphatic heterocycles. The molecule has 19 heavy (non-hydrogen) atoms. The van der Waals surface area contributed by atoms with Crippen LogP contribution in [0, 0.1) is 0 Å². The fraction of sp³-hybridized carbons (Fsp3) is 0.375. The first-order valence-electron chi connectivity index (χ1n) is 6.87. The number of aromatic nitrogens is 2. The molecule has 2 rings (SSSR count). The molecule has 2 aromatic rings. The number of hydrogen-bond donors (Lipinski definition) is 0. The fourth-order valence-corrected chi connectivity index (χ4v) is 1.37. The minimum absolute atomic E-state index is 0.547. The van der Waals surface area contributed by atoms with Crippen LogP contribution in [0.15, 0.2) is 30.8 Å². The highest BCUT2D eigenvalue weighted by molar-refractivity contribution is 5.76. The fourth-order valence-electron chi connectivity index (χ4n) is 1.37. The summed E-state index contributed by atoms with van der Waals surface area (Å²) in [6.07, 6.45) is 1.66. The van der Waals surface area contributed by atoms with Crippen molar-refractivity contribution in [2.45, 2.75) is 34.6 Å². The van der Waals surface area contributed by atoms with Gasteiger partial charge in [-0.2, -0.15) is 0 Å². The molecule has 0 spiro atoms. The zero-order valence-corrected chi connectivity index (χ0v) is 12.6. The number of hydrogen-bond acceptors (Lipinski definition) is 3. The first kappa shape index (κ1) is 17.1. The van der Waals surface area contributed by atoms with Gasteiger partial charge in [0, 0.05) is 0 Å². The molecule has 0 atom stereocenters. The van der Waals surface area contributed by atoms with Crippen LogP contribution in [0.3, 0.4) is 0 Å². The van der Waals surface area contributed by atoms with Gasteiger partial charge >= 0.3 is 0 Å². The lowest BCUT2D eigenvalue weighted by atomic mass is 10.3. The normalized spacial score (nSPS) is 8.68. The largest absolute Gasteiger partial charge is 0.476 e. The van der Waals surface area contributed by atoms with Crippen molar-refractivity contribution in [3.05, 3.63) is 36.5 Å². The summed E-state index contributed by atoms with van der Waals surface area (Å²) < 4.78 is 5.39. The number of rotatable bonds is 3. The molecular formula is C16H24N2O. The molecule has 0 radical (unpaired) electrons. The lowest BCUT2D eigenvalue weighted by molar-refractivity contribution is 0.326. The van der Waals surface area contributed by atoms with Gasteiger partial charge in [-0.15, -0.1) is 0 Å². The van der Waals surface area contributed by atoms with Crippen LogP contribution < -0.4 is 4.74 Å². The Morgan fingerprint density at radius 1 is 1.05 bits per heavy atom. The van der Waals surface area contributed by atoms with Crippen molar-refractivity contribution in [3.8, 4) is 5.88 Å². The average molecular weight is 260 g/mol. The van der Waals surface area contributed by atoms with Gasteiger partial charge in [0.2, 0.25) is 5.88 Å². The van der Waals surface area contributed by atoms with E-state index in [-0.39, 0.29) is 0 Å². The van der Waals surface area contributed by atoms with E-state index in [4.69, 9.17) is 4.74 Å². The third-order valence-electron chi connectivity index (χ3n) is 2.04. The van der Waals surface area contributed by atoms with E-state index >= 15 is 0 Å². The highest BCUT2D eigenvalue weighted by Gasteiger charge is 2.05. The average Bonchev–Trinajstić information content (AvgIpc) is 2.51. The van der Waals surface area contributed by atoms with Gasteiger partial charge in [-0.3, -0.25) is 0 Å². The van der Waals surface area contributed by atoms with Crippen molar-refractivity contribution in [1.82, 2.24) is 9.97 Å². The number of benzene rings is 1. The van der Waals surface area contributed by atoms with Gasteiger partial charge in [-0.25, -0.2) is 9.97 Å². The molecule has 1 heterocycles. The summed E-state index contributed by atoms with van der Waals surface area (Å²) in [5.74, 6) is 0.547. The van der Waals surface area contributed by atoms with Crippen LogP contribution >= 0.6 is 0 Å². The summed E-state index contributed by atoms with van der Waals surface area (Å²) in [7, 11) is 0. The van der Waals surface area contributed by atoms with Crippen LogP contribution in [0.4, 0.5) is 0 Å². The summed E-state index contributed by atoms with van der Waals surface area (Å²) >= 11 is 0. The molecule has 3 heteroatoms. The Hall–Kier alpha value is -1.90. The standard InChI is InChI=1S/C12H12N2O.2C2H6/c1-3-9-12(15-4-2)14-11-8-6-5-7-10(11)13-9;2*1-2/h3,5-8H,1,4H2,2H3;2*1-2H3. The number of para-hydroxylation sites is 2. The van der Waals surface area contributed by atoms with E-state index in [1.807, 2.05) is 58.9 Å². The summed E-state index contributed by atoms with van der Waals surface area (Å²) in [6.45, 7) is 14.2. The third kappa shape index (κ3) is 4.70. The van der Waals surface area contributed by atoms with Crippen molar-refractivity contribution in [3.63, 3.8) is 0 Å². The second kappa shape index (κ2) is 10.1. The molecule has 1 aromatic heterocycles. The van der Waals surface area contributed by atoms with Gasteiger partial charge in [-0.1, -0.05) is 46.4 Å². The summed E-state index contributed by atoms with van der Waals surface area (Å²) in [5.41, 5.74) is 2.39. The Morgan fingerprint density at radius 3 is 2.05 bits per heavy atom. The maximum atomic E-state index is 5.39. The summed E-state index contributed by atoms with van der Waals surface area (Å²) in [5, 5.41) is 0. The molecule has 0 aliphatic carbocycles. The third-order valence-corrected chi connectivity index (χ3v) is 2.04. The molecule has 0 bridgehead atoms. The lowest BCUT2D eigenvalue weighted by Gasteiger charge is -2.06. The molecule has 3 nitrogen and oxygen atoms in total. The second-order valence-corrected chi connectivity index (χ2v) is 3.04. The Morgan fingerprint density at radius 2 is 1.58 bits per heavy atom. The van der Waals surface area contributed by atoms with Gasteiger partial charge in [0.15, 0.2) is 0 Å². The van der Waals surface area contributed by atoms with E-state index in [1.165, 1.54) is 0 Å². The predicted octanol–water partition coefficient (Wildman–Crippen LogP) is 4.72. The molecule has 0 saturated carbocycles. The monoisotopic (exact) mass is 260 g/mol. The second-order valence-electron chi connectivity index (χ2n) is 3.04. The van der Waals surface area contributed by atoms with Gasteiger partial charge in [0.05, 0.1) is 17.6 Å². The van der Waals surface area contributed by atoms with Gasteiger partial charge in [0.1, 0.15) is 5.69 Å². The van der Waals surface area contributed by atoms with Crippen molar-refractivity contribution in [2.24, 2.45) is 0 Å². The molecule has 0 unspecified atom stereocenters. The van der Waals surface area contributed by atoms with E-state index in [1.54, 1.807) is 6.08 Å². The number of nitrogens with zero attached hydrogens (tertiary/aromatic N) is 2. The van der Waals surface area contributed by atoms with Crippen LogP contribution in [0.1, 0.15) is 40.3 Å². The molecule has 0 fully saturated rings. The highest BCUT2D eigenvalue weighted by atomic mass is 16.5.